The van der Waals surface area contributed by atoms with E-state index in [4.69, 9.17) is 21.1 Å². The third kappa shape index (κ3) is 4.65. The highest BCUT2D eigenvalue weighted by molar-refractivity contribution is 6.34. The number of benzene rings is 2. The third-order valence-electron chi connectivity index (χ3n) is 4.14. The average Bonchev–Trinajstić information content (AvgIpc) is 2.70. The molecule has 0 bridgehead atoms. The maximum Gasteiger partial charge on any atom is 0.316 e. The lowest BCUT2D eigenvalue weighted by Crippen LogP contribution is -2.19. The van der Waals surface area contributed by atoms with Crippen LogP contribution in [0.2, 0.25) is 5.02 Å². The number of halogens is 3. The zero-order valence-electron chi connectivity index (χ0n) is 15.7. The van der Waals surface area contributed by atoms with Crippen LogP contribution in [-0.2, 0) is 13.2 Å². The van der Waals surface area contributed by atoms with Gasteiger partial charge in [-0.2, -0.15) is 4.98 Å². The highest BCUT2D eigenvalue weighted by atomic mass is 35.5. The van der Waals surface area contributed by atoms with Crippen molar-refractivity contribution in [1.82, 2.24) is 9.55 Å². The normalized spacial score (nSPS) is 10.7. The Bertz CT molecular complexity index is 1090. The van der Waals surface area contributed by atoms with Crippen molar-refractivity contribution in [3.63, 3.8) is 0 Å². The molecule has 0 unspecified atom stereocenters. The van der Waals surface area contributed by atoms with Gasteiger partial charge in [0.2, 0.25) is 11.7 Å². The summed E-state index contributed by atoms with van der Waals surface area (Å²) in [7, 11) is 2.83. The Morgan fingerprint density at radius 1 is 1.14 bits per heavy atom. The van der Waals surface area contributed by atoms with Gasteiger partial charge in [0.05, 0.1) is 32.6 Å². The largest absolute Gasteiger partial charge is 0.495 e. The summed E-state index contributed by atoms with van der Waals surface area (Å²) < 4.78 is 38.6. The van der Waals surface area contributed by atoms with E-state index in [1.807, 2.05) is 0 Å². The summed E-state index contributed by atoms with van der Waals surface area (Å²) in [6, 6.07) is 9.05. The van der Waals surface area contributed by atoms with Crippen LogP contribution < -0.4 is 20.3 Å². The standard InChI is InChI=1S/C20H18ClF2N3O3/c1-28-16-5-3-4-15(18(16)21)24-20-25-19(27)17(29-2)11-26(20)10-13-6-12(9-22)7-14(23)8-13/h3-8,11H,9-10H2,1-2H3,(H,24,25,27). The van der Waals surface area contributed by atoms with E-state index in [0.717, 1.165) is 6.07 Å². The Morgan fingerprint density at radius 3 is 2.55 bits per heavy atom. The van der Waals surface area contributed by atoms with Crippen LogP contribution in [0.25, 0.3) is 0 Å². The molecule has 0 amide bonds. The van der Waals surface area contributed by atoms with Gasteiger partial charge < -0.3 is 19.4 Å². The Labute approximate surface area is 170 Å². The van der Waals surface area contributed by atoms with Crippen LogP contribution in [0.1, 0.15) is 11.1 Å². The average molecular weight is 422 g/mol. The topological polar surface area (TPSA) is 65.4 Å². The van der Waals surface area contributed by atoms with E-state index >= 15 is 0 Å². The molecule has 0 atom stereocenters. The lowest BCUT2D eigenvalue weighted by atomic mass is 10.1. The van der Waals surface area contributed by atoms with Crippen LogP contribution in [-0.4, -0.2) is 23.8 Å². The molecular weight excluding hydrogens is 404 g/mol. The number of ether oxygens (including phenoxy) is 2. The lowest BCUT2D eigenvalue weighted by Gasteiger charge is -2.17. The van der Waals surface area contributed by atoms with Gasteiger partial charge in [-0.1, -0.05) is 23.7 Å². The number of anilines is 2. The summed E-state index contributed by atoms with van der Waals surface area (Å²) in [6.07, 6.45) is 1.44. The van der Waals surface area contributed by atoms with E-state index in [0.29, 0.717) is 22.0 Å². The fourth-order valence-corrected chi connectivity index (χ4v) is 3.05. The summed E-state index contributed by atoms with van der Waals surface area (Å²) in [5, 5.41) is 3.29. The van der Waals surface area contributed by atoms with E-state index in [2.05, 4.69) is 10.3 Å². The molecule has 1 N–H and O–H groups in total. The molecule has 0 radical (unpaired) electrons. The molecule has 0 saturated heterocycles. The molecule has 152 valence electrons. The predicted octanol–water partition coefficient (Wildman–Crippen LogP) is 4.31. The van der Waals surface area contributed by atoms with Crippen LogP contribution in [0.3, 0.4) is 0 Å². The molecule has 0 aliphatic rings. The Kier molecular flexibility index (Phi) is 6.33. The van der Waals surface area contributed by atoms with Crippen molar-refractivity contribution in [2.45, 2.75) is 13.2 Å². The number of hydrogen-bond acceptors (Lipinski definition) is 5. The zero-order valence-corrected chi connectivity index (χ0v) is 16.5. The minimum Gasteiger partial charge on any atom is -0.495 e. The molecule has 6 nitrogen and oxygen atoms in total. The second-order valence-electron chi connectivity index (χ2n) is 6.11. The van der Waals surface area contributed by atoms with Gasteiger partial charge in [-0.3, -0.25) is 4.79 Å². The molecule has 0 fully saturated rings. The maximum absolute atomic E-state index is 13.8. The minimum atomic E-state index is -0.791. The Hall–Kier alpha value is -3.13. The van der Waals surface area contributed by atoms with Crippen molar-refractivity contribution in [2.24, 2.45) is 0 Å². The highest BCUT2D eigenvalue weighted by Crippen LogP contribution is 2.33. The number of rotatable bonds is 7. The molecule has 1 heterocycles. The molecule has 0 aliphatic heterocycles. The first kappa shape index (κ1) is 20.6. The summed E-state index contributed by atoms with van der Waals surface area (Å²) in [5.74, 6) is 0.0460. The van der Waals surface area contributed by atoms with E-state index in [-0.39, 0.29) is 23.8 Å². The van der Waals surface area contributed by atoms with Crippen molar-refractivity contribution in [1.29, 1.82) is 0 Å². The van der Waals surface area contributed by atoms with Crippen LogP contribution in [0.15, 0.2) is 47.4 Å². The number of hydrogen-bond donors (Lipinski definition) is 1. The molecule has 9 heteroatoms. The van der Waals surface area contributed by atoms with Gasteiger partial charge in [0.1, 0.15) is 23.3 Å². The van der Waals surface area contributed by atoms with Gasteiger partial charge in [-0.25, -0.2) is 8.78 Å². The molecule has 0 aliphatic carbocycles. The van der Waals surface area contributed by atoms with Crippen molar-refractivity contribution < 1.29 is 18.3 Å². The van der Waals surface area contributed by atoms with E-state index in [1.54, 1.807) is 22.8 Å². The van der Waals surface area contributed by atoms with Gasteiger partial charge >= 0.3 is 5.56 Å². The van der Waals surface area contributed by atoms with Gasteiger partial charge in [-0.05, 0) is 35.4 Å². The fraction of sp³-hybridized carbons (Fsp3) is 0.200. The number of nitrogens with zero attached hydrogens (tertiary/aromatic N) is 2. The first-order chi connectivity index (χ1) is 13.9. The van der Waals surface area contributed by atoms with Gasteiger partial charge in [0.15, 0.2) is 0 Å². The molecule has 0 saturated carbocycles. The van der Waals surface area contributed by atoms with Crippen molar-refractivity contribution in [3.8, 4) is 11.5 Å². The smallest absolute Gasteiger partial charge is 0.316 e. The van der Waals surface area contributed by atoms with Crippen LogP contribution >= 0.6 is 11.6 Å². The molecule has 3 rings (SSSR count). The quantitative estimate of drug-likeness (QED) is 0.615. The van der Waals surface area contributed by atoms with Crippen molar-refractivity contribution >= 4 is 23.2 Å². The maximum atomic E-state index is 13.8. The molecule has 2 aromatic carbocycles. The summed E-state index contributed by atoms with van der Waals surface area (Å²) in [5.41, 5.74) is 0.575. The van der Waals surface area contributed by atoms with E-state index in [1.165, 1.54) is 32.5 Å². The van der Waals surface area contributed by atoms with E-state index in [9.17, 15) is 13.6 Å². The summed E-state index contributed by atoms with van der Waals surface area (Å²) >= 11 is 6.31. The lowest BCUT2D eigenvalue weighted by molar-refractivity contribution is 0.402. The zero-order chi connectivity index (χ0) is 21.0. The number of alkyl halides is 1. The molecule has 3 aromatic rings. The van der Waals surface area contributed by atoms with Crippen molar-refractivity contribution in [3.05, 3.63) is 74.9 Å². The Morgan fingerprint density at radius 2 is 1.86 bits per heavy atom. The molecule has 1 aromatic heterocycles. The highest BCUT2D eigenvalue weighted by Gasteiger charge is 2.14. The van der Waals surface area contributed by atoms with Gasteiger partial charge in [0.25, 0.3) is 0 Å². The summed E-state index contributed by atoms with van der Waals surface area (Å²) in [6.45, 7) is -0.681. The van der Waals surface area contributed by atoms with E-state index < -0.39 is 18.1 Å². The van der Waals surface area contributed by atoms with Crippen LogP contribution in [0, 0.1) is 5.82 Å². The molecule has 29 heavy (non-hydrogen) atoms. The minimum absolute atomic E-state index is 0.00871. The van der Waals surface area contributed by atoms with Gasteiger partial charge in [-0.15, -0.1) is 0 Å². The number of aromatic nitrogens is 2. The molecule has 0 spiro atoms. The van der Waals surface area contributed by atoms with Gasteiger partial charge in [0, 0.05) is 0 Å². The molecular formula is C20H18ClF2N3O3. The second kappa shape index (κ2) is 8.91. The first-order valence-corrected chi connectivity index (χ1v) is 8.92. The van der Waals surface area contributed by atoms with Crippen molar-refractivity contribution in [2.75, 3.05) is 19.5 Å². The third-order valence-corrected chi connectivity index (χ3v) is 4.53. The Balaban J connectivity index is 2.05. The summed E-state index contributed by atoms with van der Waals surface area (Å²) in [4.78, 5) is 16.2. The first-order valence-electron chi connectivity index (χ1n) is 8.54. The monoisotopic (exact) mass is 421 g/mol. The number of methoxy groups -OCH3 is 2. The second-order valence-corrected chi connectivity index (χ2v) is 6.49. The fourth-order valence-electron chi connectivity index (χ4n) is 2.80. The number of nitrogens with one attached hydrogen (secondary N) is 1. The SMILES string of the molecule is COc1cccc(Nc2nc(=O)c(OC)cn2Cc2cc(F)cc(CF)c2)c1Cl. The van der Waals surface area contributed by atoms with Crippen LogP contribution in [0.4, 0.5) is 20.4 Å². The van der Waals surface area contributed by atoms with Crippen LogP contribution in [0.5, 0.6) is 11.5 Å². The predicted molar refractivity (Wildman–Crippen MR) is 107 cm³/mol.